The minimum Gasteiger partial charge on any atom is -0.452 e. The molecule has 24 heavy (non-hydrogen) atoms. The third-order valence-corrected chi connectivity index (χ3v) is 3.25. The number of hydrogen-bond donors (Lipinski definition) is 2. The van der Waals surface area contributed by atoms with Crippen molar-refractivity contribution in [1.29, 1.82) is 0 Å². The van der Waals surface area contributed by atoms with Gasteiger partial charge in [-0.2, -0.15) is 0 Å². The smallest absolute Gasteiger partial charge is 0.318 e. The number of fused-ring (bicyclic) bond motifs is 1. The van der Waals surface area contributed by atoms with Crippen LogP contribution in [0.4, 0.5) is 4.79 Å². The molecule has 1 aromatic carbocycles. The number of aryl methyl sites for hydroxylation is 1. The van der Waals surface area contributed by atoms with Crippen LogP contribution < -0.4 is 11.1 Å². The molecule has 3 amide bonds. The maximum atomic E-state index is 11.9. The number of aromatic nitrogens is 1. The third kappa shape index (κ3) is 4.55. The fourth-order valence-electron chi connectivity index (χ4n) is 2.12. The second-order valence-electron chi connectivity index (χ2n) is 5.58. The first kappa shape index (κ1) is 17.5. The summed E-state index contributed by atoms with van der Waals surface area (Å²) in [6.07, 6.45) is -0.844. The van der Waals surface area contributed by atoms with Crippen LogP contribution in [0.3, 0.4) is 0 Å². The average molecular weight is 333 g/mol. The number of oxazole rings is 1. The van der Waals surface area contributed by atoms with E-state index in [1.807, 2.05) is 23.5 Å². The first-order valence-electron chi connectivity index (χ1n) is 7.51. The number of primary amides is 1. The number of hydrogen-bond acceptors (Lipinski definition) is 6. The Labute approximate surface area is 138 Å². The van der Waals surface area contributed by atoms with Gasteiger partial charge in [-0.3, -0.25) is 14.9 Å². The number of carbonyl (C=O) groups is 3. The summed E-state index contributed by atoms with van der Waals surface area (Å²) in [5, 5.41) is 1.91. The van der Waals surface area contributed by atoms with Gasteiger partial charge in [0.1, 0.15) is 5.52 Å². The van der Waals surface area contributed by atoms with Gasteiger partial charge in [0.2, 0.25) is 0 Å². The molecule has 0 aliphatic heterocycles. The van der Waals surface area contributed by atoms with Crippen LogP contribution in [0.15, 0.2) is 28.7 Å². The standard InChI is InChI=1S/C16H19N3O5/c1-9(2)14(15(21)19-16(17)22)24-13(20)8-7-12-18-10-5-3-4-6-11(10)23-12/h3-6,9,14H,7-8H2,1-2H3,(H3,17,19,21,22)/t14-/m1/s1. The molecule has 0 saturated carbocycles. The molecule has 128 valence electrons. The van der Waals surface area contributed by atoms with Gasteiger partial charge in [-0.25, -0.2) is 9.78 Å². The molecule has 0 saturated heterocycles. The molecule has 0 unspecified atom stereocenters. The molecule has 8 nitrogen and oxygen atoms in total. The number of esters is 1. The number of urea groups is 1. The fourth-order valence-corrected chi connectivity index (χ4v) is 2.12. The van der Waals surface area contributed by atoms with Gasteiger partial charge in [0.05, 0.1) is 6.42 Å². The summed E-state index contributed by atoms with van der Waals surface area (Å²) in [4.78, 5) is 38.8. The lowest BCUT2D eigenvalue weighted by Gasteiger charge is -2.19. The van der Waals surface area contributed by atoms with Crippen molar-refractivity contribution < 1.29 is 23.5 Å². The van der Waals surface area contributed by atoms with E-state index in [1.165, 1.54) is 0 Å². The average Bonchev–Trinajstić information content (AvgIpc) is 2.92. The van der Waals surface area contributed by atoms with E-state index in [1.54, 1.807) is 19.9 Å². The van der Waals surface area contributed by atoms with Crippen molar-refractivity contribution in [1.82, 2.24) is 10.3 Å². The Kier molecular flexibility index (Phi) is 5.51. The zero-order valence-electron chi connectivity index (χ0n) is 13.4. The summed E-state index contributed by atoms with van der Waals surface area (Å²) >= 11 is 0. The molecule has 2 aromatic rings. The van der Waals surface area contributed by atoms with Gasteiger partial charge < -0.3 is 14.9 Å². The molecule has 2 rings (SSSR count). The van der Waals surface area contributed by atoms with Crippen molar-refractivity contribution in [2.24, 2.45) is 11.7 Å². The summed E-state index contributed by atoms with van der Waals surface area (Å²) < 4.78 is 10.7. The number of nitrogens with two attached hydrogens (primary N) is 1. The van der Waals surface area contributed by atoms with E-state index in [4.69, 9.17) is 14.9 Å². The molecule has 0 radical (unpaired) electrons. The van der Waals surface area contributed by atoms with E-state index in [2.05, 4.69) is 4.98 Å². The van der Waals surface area contributed by atoms with Crippen LogP contribution in [0.25, 0.3) is 11.1 Å². The molecular formula is C16H19N3O5. The van der Waals surface area contributed by atoms with Gasteiger partial charge >= 0.3 is 12.0 Å². The van der Waals surface area contributed by atoms with Gasteiger partial charge in [0.15, 0.2) is 17.6 Å². The second kappa shape index (κ2) is 7.58. The number of carbonyl (C=O) groups excluding carboxylic acids is 3. The van der Waals surface area contributed by atoms with Gasteiger partial charge in [0, 0.05) is 6.42 Å². The Balaban J connectivity index is 1.93. The first-order valence-corrected chi connectivity index (χ1v) is 7.51. The minimum absolute atomic E-state index is 0.000106. The Hall–Kier alpha value is -2.90. The van der Waals surface area contributed by atoms with Gasteiger partial charge in [-0.05, 0) is 18.1 Å². The number of imide groups is 1. The summed E-state index contributed by atoms with van der Waals surface area (Å²) in [5.74, 6) is -1.23. The fraction of sp³-hybridized carbons (Fsp3) is 0.375. The van der Waals surface area contributed by atoms with E-state index >= 15 is 0 Å². The van der Waals surface area contributed by atoms with E-state index < -0.39 is 24.0 Å². The summed E-state index contributed by atoms with van der Waals surface area (Å²) in [6.45, 7) is 3.39. The molecule has 1 atom stereocenters. The first-order chi connectivity index (χ1) is 11.4. The Morgan fingerprint density at radius 2 is 2.00 bits per heavy atom. The normalized spacial score (nSPS) is 12.1. The number of rotatable bonds is 6. The molecule has 1 aromatic heterocycles. The lowest BCUT2D eigenvalue weighted by molar-refractivity contribution is -0.158. The number of nitrogens with one attached hydrogen (secondary N) is 1. The minimum atomic E-state index is -1.09. The van der Waals surface area contributed by atoms with Crippen molar-refractivity contribution in [3.63, 3.8) is 0 Å². The maximum absolute atomic E-state index is 11.9. The molecule has 3 N–H and O–H groups in total. The number of ether oxygens (including phenoxy) is 1. The van der Waals surface area contributed by atoms with Gasteiger partial charge in [-0.1, -0.05) is 26.0 Å². The lowest BCUT2D eigenvalue weighted by Crippen LogP contribution is -2.45. The zero-order chi connectivity index (χ0) is 17.7. The van der Waals surface area contributed by atoms with Crippen molar-refractivity contribution in [3.8, 4) is 0 Å². The van der Waals surface area contributed by atoms with Crippen LogP contribution in [0, 0.1) is 5.92 Å². The van der Waals surface area contributed by atoms with E-state index in [9.17, 15) is 14.4 Å². The van der Waals surface area contributed by atoms with Crippen molar-refractivity contribution in [2.45, 2.75) is 32.8 Å². The second-order valence-corrected chi connectivity index (χ2v) is 5.58. The third-order valence-electron chi connectivity index (χ3n) is 3.25. The van der Waals surface area contributed by atoms with Crippen molar-refractivity contribution in [2.75, 3.05) is 0 Å². The highest BCUT2D eigenvalue weighted by atomic mass is 16.5. The largest absolute Gasteiger partial charge is 0.452 e. The molecule has 0 spiro atoms. The molecule has 0 aliphatic rings. The zero-order valence-corrected chi connectivity index (χ0v) is 13.4. The SMILES string of the molecule is CC(C)[C@@H](OC(=O)CCc1nc2ccccc2o1)C(=O)NC(N)=O. The van der Waals surface area contributed by atoms with Crippen LogP contribution in [-0.2, 0) is 20.7 Å². The highest BCUT2D eigenvalue weighted by Crippen LogP contribution is 2.16. The predicted octanol–water partition coefficient (Wildman–Crippen LogP) is 1.52. The predicted molar refractivity (Wildman–Crippen MR) is 84.8 cm³/mol. The van der Waals surface area contributed by atoms with Crippen LogP contribution in [0.1, 0.15) is 26.2 Å². The van der Waals surface area contributed by atoms with Crippen LogP contribution in [0.2, 0.25) is 0 Å². The van der Waals surface area contributed by atoms with Crippen LogP contribution in [0.5, 0.6) is 0 Å². The number of nitrogens with zero attached hydrogens (tertiary/aromatic N) is 1. The van der Waals surface area contributed by atoms with E-state index in [0.717, 1.165) is 0 Å². The van der Waals surface area contributed by atoms with E-state index in [0.29, 0.717) is 17.0 Å². The topological polar surface area (TPSA) is 125 Å². The number of benzene rings is 1. The maximum Gasteiger partial charge on any atom is 0.318 e. The molecule has 0 aliphatic carbocycles. The molecule has 1 heterocycles. The summed E-state index contributed by atoms with van der Waals surface area (Å²) in [6, 6.07) is 6.27. The number of amides is 3. The molecule has 0 fully saturated rings. The van der Waals surface area contributed by atoms with Crippen molar-refractivity contribution >= 4 is 29.0 Å². The van der Waals surface area contributed by atoms with Crippen molar-refractivity contribution in [3.05, 3.63) is 30.2 Å². The lowest BCUT2D eigenvalue weighted by atomic mass is 10.1. The summed E-state index contributed by atoms with van der Waals surface area (Å²) in [7, 11) is 0. The molecule has 8 heteroatoms. The highest BCUT2D eigenvalue weighted by molar-refractivity contribution is 5.96. The molecule has 0 bridgehead atoms. The quantitative estimate of drug-likeness (QED) is 0.772. The Morgan fingerprint density at radius 3 is 2.62 bits per heavy atom. The summed E-state index contributed by atoms with van der Waals surface area (Å²) in [5.41, 5.74) is 6.25. The highest BCUT2D eigenvalue weighted by Gasteiger charge is 2.27. The van der Waals surface area contributed by atoms with Crippen LogP contribution in [-0.4, -0.2) is 29.0 Å². The van der Waals surface area contributed by atoms with E-state index in [-0.39, 0.29) is 18.8 Å². The monoisotopic (exact) mass is 333 g/mol. The Bertz CT molecular complexity index is 720. The Morgan fingerprint density at radius 1 is 1.29 bits per heavy atom. The van der Waals surface area contributed by atoms with Gasteiger partial charge in [0.25, 0.3) is 5.91 Å². The van der Waals surface area contributed by atoms with Crippen LogP contribution >= 0.6 is 0 Å². The number of para-hydroxylation sites is 2. The van der Waals surface area contributed by atoms with Gasteiger partial charge in [-0.15, -0.1) is 0 Å². The molecular weight excluding hydrogens is 314 g/mol.